The first kappa shape index (κ1) is 32.0. The molecular weight excluding hydrogens is 662 g/mol. The molecule has 6 rings (SSSR count). The summed E-state index contributed by atoms with van der Waals surface area (Å²) in [6, 6.07) is 27.1. The molecule has 3 aromatic carbocycles. The molecule has 2 heterocycles. The molecular formula is C41H47ClN2Pd-2. The van der Waals surface area contributed by atoms with Gasteiger partial charge in [-0.25, -0.2) is 0 Å². The summed E-state index contributed by atoms with van der Waals surface area (Å²) < 4.78 is 7.59. The van der Waals surface area contributed by atoms with Crippen molar-refractivity contribution >= 4 is 21.1 Å². The van der Waals surface area contributed by atoms with Gasteiger partial charge in [0, 0.05) is 0 Å². The number of fused-ring (bicyclic) bond motifs is 2. The van der Waals surface area contributed by atoms with Crippen molar-refractivity contribution in [2.24, 2.45) is 5.41 Å². The first-order valence-electron chi connectivity index (χ1n) is 16.2. The Bertz CT molecular complexity index is 2000. The van der Waals surface area contributed by atoms with Crippen LogP contribution in [0.25, 0.3) is 28.5 Å². The zero-order valence-corrected chi connectivity index (χ0v) is 30.7. The molecule has 0 spiro atoms. The van der Waals surface area contributed by atoms with E-state index in [1.807, 2.05) is 0 Å². The van der Waals surface area contributed by atoms with Gasteiger partial charge in [0.25, 0.3) is 0 Å². The fourth-order valence-electron chi connectivity index (χ4n) is 7.28. The van der Waals surface area contributed by atoms with Crippen molar-refractivity contribution in [2.45, 2.75) is 87.0 Å². The van der Waals surface area contributed by atoms with Crippen LogP contribution in [0.1, 0.15) is 105 Å². The third-order valence-corrected chi connectivity index (χ3v) is 13.4. The summed E-state index contributed by atoms with van der Waals surface area (Å²) in [4.78, 5) is 0. The van der Waals surface area contributed by atoms with Gasteiger partial charge in [-0.05, 0) is 0 Å². The molecule has 1 unspecified atom stereocenters. The standard InChI is InChI=1S/C28H32N2.C13H15.ClH.Pd/c1-18(2)24-11-9-12-25(19(3)4)28(24)29-16-23-10-8-13-26(30(23)17-29)27-21(6)14-20(5)15-22(27)7;1-13(2,3)12-9-8-10-6-4-5-7-11(10)12;;/h8-16,18-19H,1-7H3;4-8,12H,1-3H3;1H;/q;;;-1/p-1. The van der Waals surface area contributed by atoms with Gasteiger partial charge < -0.3 is 0 Å². The summed E-state index contributed by atoms with van der Waals surface area (Å²) in [5, 5.41) is 0. The Hall–Kier alpha value is -2.96. The van der Waals surface area contributed by atoms with Crippen LogP contribution in [0.2, 0.25) is 0 Å². The van der Waals surface area contributed by atoms with Crippen molar-refractivity contribution in [3.8, 4) is 16.9 Å². The van der Waals surface area contributed by atoms with Gasteiger partial charge in [-0.2, -0.15) is 0 Å². The Morgan fingerprint density at radius 2 is 1.38 bits per heavy atom. The Morgan fingerprint density at radius 3 is 1.98 bits per heavy atom. The van der Waals surface area contributed by atoms with Crippen molar-refractivity contribution in [1.82, 2.24) is 8.97 Å². The Kier molecular flexibility index (Phi) is 8.54. The second-order valence-corrected chi connectivity index (χ2v) is 18.4. The van der Waals surface area contributed by atoms with Crippen molar-refractivity contribution in [3.05, 3.63) is 126 Å². The van der Waals surface area contributed by atoms with Gasteiger partial charge in [-0.15, -0.1) is 0 Å². The average Bonchev–Trinajstić information content (AvgIpc) is 3.55. The fraction of sp³-hybridized carbons (Fsp3) is 0.341. The monoisotopic (exact) mass is 708 g/mol. The van der Waals surface area contributed by atoms with E-state index < -0.39 is 15.3 Å². The van der Waals surface area contributed by atoms with Gasteiger partial charge in [0.1, 0.15) is 0 Å². The zero-order valence-electron chi connectivity index (χ0n) is 28.4. The number of hydrogen-bond donors (Lipinski definition) is 0. The topological polar surface area (TPSA) is 9.34 Å². The molecule has 0 saturated carbocycles. The van der Waals surface area contributed by atoms with Crippen LogP contribution in [0.5, 0.6) is 0 Å². The maximum absolute atomic E-state index is 8.11. The quantitative estimate of drug-likeness (QED) is 0.161. The molecule has 5 aromatic rings. The number of nitrogens with zero attached hydrogens (tertiary/aromatic N) is 2. The predicted octanol–water partition coefficient (Wildman–Crippen LogP) is 12.1. The molecule has 0 fully saturated rings. The number of pyridine rings is 1. The van der Waals surface area contributed by atoms with Crippen LogP contribution < -0.4 is 0 Å². The molecule has 0 aliphatic heterocycles. The molecule has 0 radical (unpaired) electrons. The SMILES string of the molecule is Cc1cc(C)c(-c2cccc3cn(-c4c(C(C)C)cccc4C(C)C)[c](=[Pd-2]([Cl])[C]4=Cc5ccccc5C4C(C)(C)C)n23)c(C)c1. The van der Waals surface area contributed by atoms with E-state index in [1.165, 1.54) is 69.3 Å². The second-order valence-electron chi connectivity index (χ2n) is 14.4. The number of aromatic nitrogens is 2. The van der Waals surface area contributed by atoms with Crippen molar-refractivity contribution in [2.75, 3.05) is 0 Å². The number of para-hydroxylation sites is 1. The molecule has 2 aromatic heterocycles. The fourth-order valence-corrected chi connectivity index (χ4v) is 12.0. The van der Waals surface area contributed by atoms with Gasteiger partial charge in [0.05, 0.1) is 0 Å². The zero-order chi connectivity index (χ0) is 32.4. The minimum atomic E-state index is -1.99. The molecule has 2 nitrogen and oxygen atoms in total. The van der Waals surface area contributed by atoms with Crippen molar-refractivity contribution in [1.29, 1.82) is 0 Å². The van der Waals surface area contributed by atoms with Gasteiger partial charge in [-0.1, -0.05) is 0 Å². The van der Waals surface area contributed by atoms with Crippen LogP contribution >= 0.6 is 9.53 Å². The molecule has 1 atom stereocenters. The number of rotatable bonds is 5. The normalized spacial score (nSPS) is 16.5. The Balaban J connectivity index is 1.83. The van der Waals surface area contributed by atoms with Crippen molar-refractivity contribution < 1.29 is 15.3 Å². The molecule has 1 aliphatic rings. The summed E-state index contributed by atoms with van der Waals surface area (Å²) in [7, 11) is 8.11. The van der Waals surface area contributed by atoms with E-state index in [0.29, 0.717) is 11.8 Å². The average molecular weight is 710 g/mol. The molecule has 0 amide bonds. The Labute approximate surface area is 279 Å². The van der Waals surface area contributed by atoms with E-state index in [-0.39, 0.29) is 11.3 Å². The molecule has 45 heavy (non-hydrogen) atoms. The van der Waals surface area contributed by atoms with E-state index in [1.54, 1.807) is 0 Å². The minimum absolute atomic E-state index is 0.0246. The van der Waals surface area contributed by atoms with Crippen LogP contribution in [0, 0.1) is 30.1 Å². The predicted molar refractivity (Wildman–Crippen MR) is 190 cm³/mol. The summed E-state index contributed by atoms with van der Waals surface area (Å²) in [5.74, 6) is 0.993. The van der Waals surface area contributed by atoms with Crippen LogP contribution in [0.3, 0.4) is 0 Å². The molecule has 1 aliphatic carbocycles. The summed E-state index contributed by atoms with van der Waals surface area (Å²) in [5.41, 5.74) is 14.3. The van der Waals surface area contributed by atoms with Gasteiger partial charge in [0.2, 0.25) is 0 Å². The van der Waals surface area contributed by atoms with Crippen LogP contribution in [0.4, 0.5) is 0 Å². The first-order chi connectivity index (χ1) is 21.3. The van der Waals surface area contributed by atoms with E-state index in [9.17, 15) is 0 Å². The number of hydrogen-bond acceptors (Lipinski definition) is 0. The van der Waals surface area contributed by atoms with Crippen LogP contribution in [-0.4, -0.2) is 8.97 Å². The van der Waals surface area contributed by atoms with E-state index in [0.717, 1.165) is 0 Å². The maximum atomic E-state index is 8.11. The van der Waals surface area contributed by atoms with Crippen LogP contribution in [-0.2, 0) is 15.3 Å². The molecule has 0 N–H and O–H groups in total. The van der Waals surface area contributed by atoms with E-state index >= 15 is 0 Å². The molecule has 240 valence electrons. The number of halogens is 1. The summed E-state index contributed by atoms with van der Waals surface area (Å²) >= 11 is -1.99. The molecule has 4 heteroatoms. The summed E-state index contributed by atoms with van der Waals surface area (Å²) in [6.45, 7) is 23.0. The van der Waals surface area contributed by atoms with Gasteiger partial charge in [-0.3, -0.25) is 0 Å². The third kappa shape index (κ3) is 5.56. The van der Waals surface area contributed by atoms with E-state index in [2.05, 4.69) is 163 Å². The second kappa shape index (κ2) is 12.0. The van der Waals surface area contributed by atoms with Gasteiger partial charge >= 0.3 is 281 Å². The summed E-state index contributed by atoms with van der Waals surface area (Å²) in [6.07, 6.45) is 4.78. The van der Waals surface area contributed by atoms with Gasteiger partial charge in [0.15, 0.2) is 0 Å². The molecule has 0 saturated heterocycles. The molecule has 0 bridgehead atoms. The number of benzene rings is 3. The Morgan fingerprint density at radius 1 is 0.778 bits per heavy atom. The van der Waals surface area contributed by atoms with Crippen molar-refractivity contribution in [3.63, 3.8) is 0 Å². The third-order valence-electron chi connectivity index (χ3n) is 9.15. The first-order valence-corrected chi connectivity index (χ1v) is 19.7. The van der Waals surface area contributed by atoms with Crippen LogP contribution in [0.15, 0.2) is 83.0 Å². The number of imidazole rings is 1. The number of aryl methyl sites for hydroxylation is 3. The number of allylic oxidation sites excluding steroid dienone is 1. The van der Waals surface area contributed by atoms with E-state index in [4.69, 9.17) is 9.53 Å².